The molecule has 0 aromatic heterocycles. The minimum absolute atomic E-state index is 0.207. The number of para-hydroxylation sites is 1. The highest BCUT2D eigenvalue weighted by atomic mass is 16.5. The van der Waals surface area contributed by atoms with E-state index in [4.69, 9.17) is 10.5 Å². The first-order chi connectivity index (χ1) is 12.9. The smallest absolute Gasteiger partial charge is 0.308 e. The molecule has 0 radical (unpaired) electrons. The van der Waals surface area contributed by atoms with Crippen LogP contribution in [0.2, 0.25) is 0 Å². The fourth-order valence-corrected chi connectivity index (χ4v) is 3.82. The summed E-state index contributed by atoms with van der Waals surface area (Å²) in [4.78, 5) is 35.8. The molecule has 3 rings (SSSR count). The van der Waals surface area contributed by atoms with Crippen molar-refractivity contribution in [1.82, 2.24) is 0 Å². The van der Waals surface area contributed by atoms with Crippen molar-refractivity contribution < 1.29 is 29.3 Å². The maximum absolute atomic E-state index is 12.5. The van der Waals surface area contributed by atoms with Gasteiger partial charge in [0.2, 0.25) is 5.91 Å². The number of ether oxygens (including phenoxy) is 1. The highest BCUT2D eigenvalue weighted by molar-refractivity contribution is 5.94. The van der Waals surface area contributed by atoms with Crippen molar-refractivity contribution in [3.8, 4) is 5.75 Å². The maximum atomic E-state index is 12.5. The van der Waals surface area contributed by atoms with Gasteiger partial charge in [-0.3, -0.25) is 14.4 Å². The lowest BCUT2D eigenvalue weighted by molar-refractivity contribution is -0.192. The Hall–Kier alpha value is -3.35. The molecule has 7 heteroatoms. The molecule has 4 atom stereocenters. The summed E-state index contributed by atoms with van der Waals surface area (Å²) in [5, 5.41) is 19.0. The van der Waals surface area contributed by atoms with E-state index in [1.54, 1.807) is 60.7 Å². The Balaban J connectivity index is 2.11. The Bertz CT molecular complexity index is 853. The van der Waals surface area contributed by atoms with Crippen LogP contribution >= 0.6 is 0 Å². The number of carboxylic acid groups (broad SMARTS) is 2. The van der Waals surface area contributed by atoms with Gasteiger partial charge in [-0.15, -0.1) is 0 Å². The highest BCUT2D eigenvalue weighted by Gasteiger charge is 2.68. The summed E-state index contributed by atoms with van der Waals surface area (Å²) in [6.07, 6.45) is -1.24. The third-order valence-corrected chi connectivity index (χ3v) is 5.12. The van der Waals surface area contributed by atoms with Crippen LogP contribution in [0, 0.1) is 17.3 Å². The van der Waals surface area contributed by atoms with E-state index in [-0.39, 0.29) is 6.42 Å². The summed E-state index contributed by atoms with van der Waals surface area (Å²) in [6, 6.07) is 17.3. The van der Waals surface area contributed by atoms with Crippen molar-refractivity contribution >= 4 is 17.8 Å². The highest BCUT2D eigenvalue weighted by Crippen LogP contribution is 2.59. The maximum Gasteiger partial charge on any atom is 0.308 e. The first-order valence-electron chi connectivity index (χ1n) is 8.40. The number of rotatable bonds is 7. The molecular weight excluding hydrogens is 350 g/mol. The molecule has 4 N–H and O–H groups in total. The Labute approximate surface area is 155 Å². The van der Waals surface area contributed by atoms with Crippen molar-refractivity contribution in [3.05, 3.63) is 66.2 Å². The lowest BCUT2D eigenvalue weighted by Gasteiger charge is -2.52. The van der Waals surface area contributed by atoms with E-state index in [9.17, 15) is 24.6 Å². The number of aliphatic carboxylic acids is 2. The zero-order chi connectivity index (χ0) is 19.6. The van der Waals surface area contributed by atoms with E-state index < -0.39 is 41.2 Å². The van der Waals surface area contributed by atoms with Gasteiger partial charge in [-0.25, -0.2) is 0 Å². The topological polar surface area (TPSA) is 127 Å². The summed E-state index contributed by atoms with van der Waals surface area (Å²) < 4.78 is 6.02. The Kier molecular flexibility index (Phi) is 4.85. The predicted octanol–water partition coefficient (Wildman–Crippen LogP) is 2.08. The fourth-order valence-electron chi connectivity index (χ4n) is 3.82. The number of primary amides is 1. The van der Waals surface area contributed by atoms with Crippen LogP contribution in [0.4, 0.5) is 0 Å². The zero-order valence-electron chi connectivity index (χ0n) is 14.3. The predicted molar refractivity (Wildman–Crippen MR) is 94.7 cm³/mol. The normalized spacial score (nSPS) is 25.0. The van der Waals surface area contributed by atoms with E-state index in [0.717, 1.165) is 0 Å². The van der Waals surface area contributed by atoms with Gasteiger partial charge in [0.05, 0.1) is 11.8 Å². The third kappa shape index (κ3) is 3.12. The van der Waals surface area contributed by atoms with Crippen molar-refractivity contribution in [1.29, 1.82) is 0 Å². The monoisotopic (exact) mass is 369 g/mol. The summed E-state index contributed by atoms with van der Waals surface area (Å²) in [5.41, 5.74) is 4.52. The summed E-state index contributed by atoms with van der Waals surface area (Å²) in [7, 11) is 0. The van der Waals surface area contributed by atoms with Gasteiger partial charge in [0, 0.05) is 0 Å². The van der Waals surface area contributed by atoms with Gasteiger partial charge in [-0.2, -0.15) is 0 Å². The minimum atomic E-state index is -1.67. The molecular formula is C20H19NO6. The summed E-state index contributed by atoms with van der Waals surface area (Å²) in [5.74, 6) is -5.81. The number of benzene rings is 2. The molecule has 2 aromatic carbocycles. The zero-order valence-corrected chi connectivity index (χ0v) is 14.3. The number of carboxylic acids is 2. The average molecular weight is 369 g/mol. The summed E-state index contributed by atoms with van der Waals surface area (Å²) >= 11 is 0. The second-order valence-electron chi connectivity index (χ2n) is 6.59. The molecule has 4 unspecified atom stereocenters. The molecule has 27 heavy (non-hydrogen) atoms. The second-order valence-corrected chi connectivity index (χ2v) is 6.59. The number of amides is 1. The fraction of sp³-hybridized carbons (Fsp3) is 0.250. The Morgan fingerprint density at radius 1 is 0.963 bits per heavy atom. The SMILES string of the molecule is NC(=O)C1(C(Oc2ccccc2)c2ccccc2)CC(C(=O)O)C1C(=O)O. The lowest BCUT2D eigenvalue weighted by atomic mass is 9.50. The lowest BCUT2D eigenvalue weighted by Crippen LogP contribution is -2.64. The average Bonchev–Trinajstić information content (AvgIpc) is 2.61. The number of hydrogen-bond acceptors (Lipinski definition) is 4. The van der Waals surface area contributed by atoms with Crippen LogP contribution in [0.3, 0.4) is 0 Å². The number of nitrogens with two attached hydrogens (primary N) is 1. The molecule has 0 aliphatic heterocycles. The molecule has 0 saturated heterocycles. The van der Waals surface area contributed by atoms with E-state index in [0.29, 0.717) is 11.3 Å². The van der Waals surface area contributed by atoms with Crippen molar-refractivity contribution in [3.63, 3.8) is 0 Å². The van der Waals surface area contributed by atoms with E-state index in [2.05, 4.69) is 0 Å². The Morgan fingerprint density at radius 3 is 2.00 bits per heavy atom. The molecule has 1 aliphatic carbocycles. The molecule has 0 spiro atoms. The van der Waals surface area contributed by atoms with Crippen molar-refractivity contribution in [2.45, 2.75) is 12.5 Å². The molecule has 7 nitrogen and oxygen atoms in total. The molecule has 0 heterocycles. The quantitative estimate of drug-likeness (QED) is 0.686. The van der Waals surface area contributed by atoms with Crippen LogP contribution in [0.5, 0.6) is 5.75 Å². The van der Waals surface area contributed by atoms with Gasteiger partial charge in [0.25, 0.3) is 0 Å². The standard InChI is InChI=1S/C20H19NO6/c21-19(26)20(11-14(17(22)23)15(20)18(24)25)16(12-7-3-1-4-8-12)27-13-9-5-2-6-10-13/h1-10,14-16H,11H2,(H2,21,26)(H,22,23)(H,24,25). The largest absolute Gasteiger partial charge is 0.485 e. The number of hydrogen-bond donors (Lipinski definition) is 3. The molecule has 1 saturated carbocycles. The van der Waals surface area contributed by atoms with E-state index >= 15 is 0 Å². The third-order valence-electron chi connectivity index (χ3n) is 5.12. The Morgan fingerprint density at radius 2 is 1.52 bits per heavy atom. The van der Waals surface area contributed by atoms with Gasteiger partial charge < -0.3 is 20.7 Å². The van der Waals surface area contributed by atoms with E-state index in [1.807, 2.05) is 0 Å². The summed E-state index contributed by atoms with van der Waals surface area (Å²) in [6.45, 7) is 0. The molecule has 1 fully saturated rings. The first-order valence-corrected chi connectivity index (χ1v) is 8.40. The van der Waals surface area contributed by atoms with Gasteiger partial charge in [-0.1, -0.05) is 48.5 Å². The van der Waals surface area contributed by atoms with Crippen LogP contribution < -0.4 is 10.5 Å². The molecule has 1 amide bonds. The van der Waals surface area contributed by atoms with Crippen LogP contribution in [0.25, 0.3) is 0 Å². The van der Waals surface area contributed by atoms with Gasteiger partial charge in [0.15, 0.2) is 0 Å². The van der Waals surface area contributed by atoms with Crippen LogP contribution in [-0.4, -0.2) is 28.1 Å². The minimum Gasteiger partial charge on any atom is -0.485 e. The number of carbonyl (C=O) groups is 3. The second kappa shape index (κ2) is 7.11. The molecule has 2 aromatic rings. The van der Waals surface area contributed by atoms with Crippen molar-refractivity contribution in [2.75, 3.05) is 0 Å². The first kappa shape index (κ1) is 18.4. The van der Waals surface area contributed by atoms with Gasteiger partial charge in [0.1, 0.15) is 17.3 Å². The molecule has 1 aliphatic rings. The molecule has 0 bridgehead atoms. The van der Waals surface area contributed by atoms with Crippen LogP contribution in [0.1, 0.15) is 18.1 Å². The van der Waals surface area contributed by atoms with Crippen molar-refractivity contribution in [2.24, 2.45) is 23.0 Å². The van der Waals surface area contributed by atoms with Crippen LogP contribution in [0.15, 0.2) is 60.7 Å². The van der Waals surface area contributed by atoms with Gasteiger partial charge >= 0.3 is 11.9 Å². The molecule has 140 valence electrons. The van der Waals surface area contributed by atoms with E-state index in [1.165, 1.54) is 0 Å². The number of carbonyl (C=O) groups excluding carboxylic acids is 1. The van der Waals surface area contributed by atoms with Crippen LogP contribution in [-0.2, 0) is 14.4 Å². The van der Waals surface area contributed by atoms with Gasteiger partial charge in [-0.05, 0) is 24.1 Å².